The number of nitrogens with two attached hydrogens (primary N) is 1. The number of ether oxygens (including phenoxy) is 1. The van der Waals surface area contributed by atoms with E-state index in [1.165, 1.54) is 12.1 Å². The molecular weight excluding hydrogens is 257 g/mol. The van der Waals surface area contributed by atoms with Gasteiger partial charge in [0.1, 0.15) is 11.6 Å². The summed E-state index contributed by atoms with van der Waals surface area (Å²) in [7, 11) is 5.62. The van der Waals surface area contributed by atoms with Crippen LogP contribution in [0.2, 0.25) is 0 Å². The smallest absolute Gasteiger partial charge is 0.123 e. The molecule has 4 nitrogen and oxygen atoms in total. The highest BCUT2D eigenvalue weighted by atomic mass is 19.1. The average Bonchev–Trinajstić information content (AvgIpc) is 2.44. The molecule has 3 N–H and O–H groups in total. The predicted octanol–water partition coefficient (Wildman–Crippen LogP) is 2.46. The Balaban J connectivity index is 3.40. The van der Waals surface area contributed by atoms with Gasteiger partial charge in [-0.25, -0.2) is 4.39 Å². The van der Waals surface area contributed by atoms with Gasteiger partial charge in [0, 0.05) is 11.1 Å². The molecule has 1 aromatic carbocycles. The molecule has 0 spiro atoms. The minimum absolute atomic E-state index is 0.212. The van der Waals surface area contributed by atoms with Gasteiger partial charge in [0.25, 0.3) is 0 Å². The molecule has 0 bridgehead atoms. The second-order valence-corrected chi connectivity index (χ2v) is 5.19. The summed E-state index contributed by atoms with van der Waals surface area (Å²) in [5.41, 5.74) is 3.39. The number of hydrogen-bond donors (Lipinski definition) is 2. The van der Waals surface area contributed by atoms with Gasteiger partial charge in [-0.2, -0.15) is 0 Å². The Morgan fingerprint density at radius 3 is 2.35 bits per heavy atom. The van der Waals surface area contributed by atoms with Crippen LogP contribution >= 0.6 is 0 Å². The number of likely N-dealkylation sites (N-methyl/N-ethyl adjacent to an activating group) is 1. The van der Waals surface area contributed by atoms with Crippen LogP contribution in [0.15, 0.2) is 18.2 Å². The second kappa shape index (κ2) is 7.02. The first-order valence-electron chi connectivity index (χ1n) is 6.93. The molecule has 0 saturated heterocycles. The minimum Gasteiger partial charge on any atom is -0.496 e. The number of nitrogens with one attached hydrogen (secondary N) is 1. The predicted molar refractivity (Wildman–Crippen MR) is 80.0 cm³/mol. The third-order valence-corrected chi connectivity index (χ3v) is 4.32. The van der Waals surface area contributed by atoms with Crippen molar-refractivity contribution in [2.24, 2.45) is 5.84 Å². The van der Waals surface area contributed by atoms with Crippen molar-refractivity contribution in [3.8, 4) is 5.75 Å². The summed E-state index contributed by atoms with van der Waals surface area (Å²) in [5.74, 6) is 6.15. The normalized spacial score (nSPS) is 13.6. The quantitative estimate of drug-likeness (QED) is 0.596. The second-order valence-electron chi connectivity index (χ2n) is 5.19. The van der Waals surface area contributed by atoms with E-state index in [2.05, 4.69) is 24.2 Å². The molecule has 0 amide bonds. The van der Waals surface area contributed by atoms with Crippen LogP contribution in [0.1, 0.15) is 38.3 Å². The van der Waals surface area contributed by atoms with Crippen molar-refractivity contribution in [1.29, 1.82) is 0 Å². The van der Waals surface area contributed by atoms with E-state index in [0.29, 0.717) is 5.75 Å². The van der Waals surface area contributed by atoms with Crippen molar-refractivity contribution in [2.45, 2.75) is 38.3 Å². The van der Waals surface area contributed by atoms with Crippen LogP contribution in [-0.4, -0.2) is 31.6 Å². The van der Waals surface area contributed by atoms with Gasteiger partial charge in [0.2, 0.25) is 0 Å². The number of nitrogens with zero attached hydrogens (tertiary/aromatic N) is 1. The summed E-state index contributed by atoms with van der Waals surface area (Å²) < 4.78 is 19.0. The van der Waals surface area contributed by atoms with Crippen LogP contribution in [0.5, 0.6) is 5.75 Å². The van der Waals surface area contributed by atoms with Crippen LogP contribution in [0.4, 0.5) is 4.39 Å². The summed E-state index contributed by atoms with van der Waals surface area (Å²) in [4.78, 5) is 2.14. The molecule has 1 rings (SSSR count). The zero-order valence-corrected chi connectivity index (χ0v) is 13.0. The molecule has 5 heteroatoms. The highest BCUT2D eigenvalue weighted by Crippen LogP contribution is 2.39. The Bertz CT molecular complexity index is 433. The molecule has 0 aliphatic heterocycles. The van der Waals surface area contributed by atoms with E-state index in [1.54, 1.807) is 13.2 Å². The van der Waals surface area contributed by atoms with Gasteiger partial charge in [-0.1, -0.05) is 13.8 Å². The number of hydrazine groups is 1. The fraction of sp³-hybridized carbons (Fsp3) is 0.600. The Labute approximate surface area is 121 Å². The minimum atomic E-state index is -0.291. The van der Waals surface area contributed by atoms with Crippen LogP contribution in [0.3, 0.4) is 0 Å². The molecule has 114 valence electrons. The molecule has 0 aromatic heterocycles. The fourth-order valence-corrected chi connectivity index (χ4v) is 3.01. The SMILES string of the molecule is CCC(CC)(C(NN)c1cc(F)ccc1OC)N(C)C. The van der Waals surface area contributed by atoms with Crippen LogP contribution in [0, 0.1) is 5.82 Å². The van der Waals surface area contributed by atoms with E-state index in [0.717, 1.165) is 18.4 Å². The van der Waals surface area contributed by atoms with Gasteiger partial charge < -0.3 is 9.64 Å². The first-order chi connectivity index (χ1) is 9.46. The number of halogens is 1. The molecule has 0 saturated carbocycles. The lowest BCUT2D eigenvalue weighted by Crippen LogP contribution is -2.54. The Morgan fingerprint density at radius 2 is 1.95 bits per heavy atom. The van der Waals surface area contributed by atoms with Gasteiger partial charge in [-0.05, 0) is 45.1 Å². The van der Waals surface area contributed by atoms with Crippen LogP contribution < -0.4 is 16.0 Å². The summed E-state index contributed by atoms with van der Waals surface area (Å²) in [6.45, 7) is 4.22. The van der Waals surface area contributed by atoms with Crippen LogP contribution in [-0.2, 0) is 0 Å². The van der Waals surface area contributed by atoms with E-state index >= 15 is 0 Å². The lowest BCUT2D eigenvalue weighted by molar-refractivity contribution is 0.0868. The van der Waals surface area contributed by atoms with Gasteiger partial charge in [-0.15, -0.1) is 0 Å². The highest BCUT2D eigenvalue weighted by molar-refractivity contribution is 5.38. The van der Waals surface area contributed by atoms with Gasteiger partial charge in [0.15, 0.2) is 0 Å². The maximum atomic E-state index is 13.6. The standard InChI is InChI=1S/C15H26FN3O/c1-6-15(7-2,19(3)4)14(18-17)12-10-11(16)8-9-13(12)20-5/h8-10,14,18H,6-7,17H2,1-5H3. The average molecular weight is 283 g/mol. The Hall–Kier alpha value is -1.17. The Kier molecular flexibility index (Phi) is 5.92. The van der Waals surface area contributed by atoms with E-state index in [1.807, 2.05) is 14.1 Å². The van der Waals surface area contributed by atoms with E-state index in [9.17, 15) is 4.39 Å². The number of hydrogen-bond acceptors (Lipinski definition) is 4. The molecule has 1 unspecified atom stereocenters. The van der Waals surface area contributed by atoms with Crippen molar-refractivity contribution in [1.82, 2.24) is 10.3 Å². The summed E-state index contributed by atoms with van der Waals surface area (Å²) in [6.07, 6.45) is 1.76. The fourth-order valence-electron chi connectivity index (χ4n) is 3.01. The maximum absolute atomic E-state index is 13.6. The van der Waals surface area contributed by atoms with Crippen molar-refractivity contribution in [2.75, 3.05) is 21.2 Å². The molecule has 0 aliphatic rings. The molecule has 0 aliphatic carbocycles. The molecule has 20 heavy (non-hydrogen) atoms. The summed E-state index contributed by atoms with van der Waals surface area (Å²) in [6, 6.07) is 4.30. The lowest BCUT2D eigenvalue weighted by Gasteiger charge is -2.45. The molecule has 0 fully saturated rings. The van der Waals surface area contributed by atoms with E-state index in [4.69, 9.17) is 10.6 Å². The number of methoxy groups -OCH3 is 1. The largest absolute Gasteiger partial charge is 0.496 e. The van der Waals surface area contributed by atoms with E-state index < -0.39 is 0 Å². The first-order valence-corrected chi connectivity index (χ1v) is 6.93. The first kappa shape index (κ1) is 16.9. The summed E-state index contributed by atoms with van der Waals surface area (Å²) in [5, 5.41) is 0. The highest BCUT2D eigenvalue weighted by Gasteiger charge is 2.39. The number of rotatable bonds is 7. The zero-order valence-electron chi connectivity index (χ0n) is 13.0. The molecule has 1 aromatic rings. The van der Waals surface area contributed by atoms with Gasteiger partial charge in [-0.3, -0.25) is 11.3 Å². The molecule has 1 atom stereocenters. The van der Waals surface area contributed by atoms with Gasteiger partial charge >= 0.3 is 0 Å². The molecule has 0 heterocycles. The topological polar surface area (TPSA) is 50.5 Å². The van der Waals surface area contributed by atoms with Crippen molar-refractivity contribution < 1.29 is 9.13 Å². The van der Waals surface area contributed by atoms with Crippen molar-refractivity contribution in [3.05, 3.63) is 29.6 Å². The van der Waals surface area contributed by atoms with Gasteiger partial charge in [0.05, 0.1) is 13.2 Å². The van der Waals surface area contributed by atoms with Crippen LogP contribution in [0.25, 0.3) is 0 Å². The third-order valence-electron chi connectivity index (χ3n) is 4.32. The maximum Gasteiger partial charge on any atom is 0.123 e. The van der Waals surface area contributed by atoms with Crippen molar-refractivity contribution in [3.63, 3.8) is 0 Å². The zero-order chi connectivity index (χ0) is 15.3. The summed E-state index contributed by atoms with van der Waals surface area (Å²) >= 11 is 0. The monoisotopic (exact) mass is 283 g/mol. The lowest BCUT2D eigenvalue weighted by atomic mass is 9.79. The van der Waals surface area contributed by atoms with E-state index in [-0.39, 0.29) is 17.4 Å². The number of benzene rings is 1. The molecule has 0 radical (unpaired) electrons. The van der Waals surface area contributed by atoms with Crippen molar-refractivity contribution >= 4 is 0 Å². The third kappa shape index (κ3) is 2.95. The molecular formula is C15H26FN3O. The Morgan fingerprint density at radius 1 is 1.35 bits per heavy atom.